The van der Waals surface area contributed by atoms with Crippen molar-refractivity contribution >= 4 is 17.4 Å². The Balaban J connectivity index is 1.42. The Morgan fingerprint density at radius 1 is 1.35 bits per heavy atom. The fraction of sp³-hybridized carbons (Fsp3) is 0.533. The molecule has 1 aliphatic rings. The summed E-state index contributed by atoms with van der Waals surface area (Å²) in [6, 6.07) is 1.78. The van der Waals surface area contributed by atoms with Crippen LogP contribution in [0.15, 0.2) is 16.8 Å². The van der Waals surface area contributed by atoms with E-state index in [0.717, 1.165) is 43.4 Å². The SMILES string of the molecule is Cc1cc(CNC(=O)N2CCN(Cc3cnc(C)s3)CC2)on1. The highest BCUT2D eigenvalue weighted by Gasteiger charge is 2.21. The van der Waals surface area contributed by atoms with Gasteiger partial charge in [0.05, 0.1) is 17.2 Å². The molecule has 0 saturated carbocycles. The van der Waals surface area contributed by atoms with E-state index in [1.54, 1.807) is 11.3 Å². The Bertz CT molecular complexity index is 660. The molecular weight excluding hydrogens is 314 g/mol. The molecule has 0 unspecified atom stereocenters. The van der Waals surface area contributed by atoms with Gasteiger partial charge < -0.3 is 14.7 Å². The minimum absolute atomic E-state index is 0.0488. The molecule has 124 valence electrons. The second kappa shape index (κ2) is 7.10. The van der Waals surface area contributed by atoms with Gasteiger partial charge in [0.1, 0.15) is 0 Å². The van der Waals surface area contributed by atoms with Crippen LogP contribution in [0.1, 0.15) is 21.3 Å². The minimum Gasteiger partial charge on any atom is -0.359 e. The van der Waals surface area contributed by atoms with Gasteiger partial charge in [0.2, 0.25) is 0 Å². The summed E-state index contributed by atoms with van der Waals surface area (Å²) in [6.45, 7) is 8.40. The fourth-order valence-electron chi connectivity index (χ4n) is 2.58. The average molecular weight is 335 g/mol. The maximum absolute atomic E-state index is 12.2. The maximum atomic E-state index is 12.2. The number of rotatable bonds is 4. The zero-order valence-corrected chi connectivity index (χ0v) is 14.2. The molecule has 0 aromatic carbocycles. The minimum atomic E-state index is -0.0488. The molecular formula is C15H21N5O2S. The summed E-state index contributed by atoms with van der Waals surface area (Å²) < 4.78 is 5.09. The molecule has 3 heterocycles. The Morgan fingerprint density at radius 3 is 2.74 bits per heavy atom. The summed E-state index contributed by atoms with van der Waals surface area (Å²) in [6.07, 6.45) is 1.94. The third-order valence-corrected chi connectivity index (χ3v) is 4.70. The van der Waals surface area contributed by atoms with Crippen molar-refractivity contribution in [2.75, 3.05) is 26.2 Å². The van der Waals surface area contributed by atoms with E-state index in [2.05, 4.69) is 20.4 Å². The Kier molecular flexibility index (Phi) is 4.92. The first-order valence-corrected chi connectivity index (χ1v) is 8.50. The molecule has 1 aliphatic heterocycles. The van der Waals surface area contributed by atoms with Crippen LogP contribution in [0.3, 0.4) is 0 Å². The number of aromatic nitrogens is 2. The number of hydrogen-bond acceptors (Lipinski definition) is 6. The number of carbonyl (C=O) groups excluding carboxylic acids is 1. The van der Waals surface area contributed by atoms with Crippen molar-refractivity contribution in [3.8, 4) is 0 Å². The third-order valence-electron chi connectivity index (χ3n) is 3.80. The van der Waals surface area contributed by atoms with Crippen LogP contribution < -0.4 is 5.32 Å². The van der Waals surface area contributed by atoms with Crippen molar-refractivity contribution < 1.29 is 9.32 Å². The van der Waals surface area contributed by atoms with Gasteiger partial charge in [0.25, 0.3) is 0 Å². The van der Waals surface area contributed by atoms with Gasteiger partial charge >= 0.3 is 6.03 Å². The molecule has 1 N–H and O–H groups in total. The summed E-state index contributed by atoms with van der Waals surface area (Å²) in [5.41, 5.74) is 0.821. The molecule has 2 amide bonds. The molecule has 2 aromatic rings. The van der Waals surface area contributed by atoms with E-state index in [-0.39, 0.29) is 6.03 Å². The summed E-state index contributed by atoms with van der Waals surface area (Å²) in [5, 5.41) is 7.78. The third kappa shape index (κ3) is 4.29. The van der Waals surface area contributed by atoms with Crippen molar-refractivity contribution in [3.63, 3.8) is 0 Å². The van der Waals surface area contributed by atoms with Crippen LogP contribution in [0.4, 0.5) is 4.79 Å². The fourth-order valence-corrected chi connectivity index (χ4v) is 3.42. The lowest BCUT2D eigenvalue weighted by Gasteiger charge is -2.34. The van der Waals surface area contributed by atoms with Crippen molar-refractivity contribution in [2.45, 2.75) is 26.9 Å². The first-order chi connectivity index (χ1) is 11.1. The van der Waals surface area contributed by atoms with E-state index in [1.165, 1.54) is 4.88 Å². The first-order valence-electron chi connectivity index (χ1n) is 7.69. The van der Waals surface area contributed by atoms with E-state index >= 15 is 0 Å². The van der Waals surface area contributed by atoms with Crippen LogP contribution >= 0.6 is 11.3 Å². The zero-order valence-electron chi connectivity index (χ0n) is 13.4. The Labute approximate surface area is 139 Å². The number of piperazine rings is 1. The lowest BCUT2D eigenvalue weighted by Crippen LogP contribution is -2.51. The predicted octanol–water partition coefficient (Wildman–Crippen LogP) is 1.78. The summed E-state index contributed by atoms with van der Waals surface area (Å²) in [5.74, 6) is 0.676. The van der Waals surface area contributed by atoms with Crippen molar-refractivity contribution in [3.05, 3.63) is 33.6 Å². The van der Waals surface area contributed by atoms with Crippen LogP contribution in [0.2, 0.25) is 0 Å². The molecule has 2 aromatic heterocycles. The molecule has 0 aliphatic carbocycles. The van der Waals surface area contributed by atoms with Crippen LogP contribution in [0, 0.1) is 13.8 Å². The standard InChI is InChI=1S/C15H21N5O2S/c1-11-7-13(22-18-11)8-17-15(21)20-5-3-19(4-6-20)10-14-9-16-12(2)23-14/h7,9H,3-6,8,10H2,1-2H3,(H,17,21). The smallest absolute Gasteiger partial charge is 0.317 e. The van der Waals surface area contributed by atoms with Crippen molar-refractivity contribution in [1.29, 1.82) is 0 Å². The Hall–Kier alpha value is -1.93. The van der Waals surface area contributed by atoms with Crippen LogP contribution in [-0.2, 0) is 13.1 Å². The number of carbonyl (C=O) groups is 1. The number of amides is 2. The largest absolute Gasteiger partial charge is 0.359 e. The van der Waals surface area contributed by atoms with E-state index < -0.39 is 0 Å². The molecule has 3 rings (SSSR count). The monoisotopic (exact) mass is 335 g/mol. The van der Waals surface area contributed by atoms with Crippen molar-refractivity contribution in [1.82, 2.24) is 25.3 Å². The Morgan fingerprint density at radius 2 is 2.13 bits per heavy atom. The van der Waals surface area contributed by atoms with E-state index in [9.17, 15) is 4.79 Å². The summed E-state index contributed by atoms with van der Waals surface area (Å²) in [4.78, 5) is 21.9. The molecule has 23 heavy (non-hydrogen) atoms. The van der Waals surface area contributed by atoms with Gasteiger partial charge in [-0.15, -0.1) is 11.3 Å². The summed E-state index contributed by atoms with van der Waals surface area (Å²) in [7, 11) is 0. The number of thiazole rings is 1. The van der Waals surface area contributed by atoms with Gasteiger partial charge in [-0.1, -0.05) is 5.16 Å². The van der Waals surface area contributed by atoms with Gasteiger partial charge in [-0.2, -0.15) is 0 Å². The predicted molar refractivity (Wildman–Crippen MR) is 87.2 cm³/mol. The van der Waals surface area contributed by atoms with Gasteiger partial charge in [0, 0.05) is 49.9 Å². The number of aryl methyl sites for hydroxylation is 2. The topological polar surface area (TPSA) is 74.5 Å². The van der Waals surface area contributed by atoms with Crippen LogP contribution in [0.5, 0.6) is 0 Å². The van der Waals surface area contributed by atoms with Crippen LogP contribution in [0.25, 0.3) is 0 Å². The quantitative estimate of drug-likeness (QED) is 0.922. The van der Waals surface area contributed by atoms with Crippen LogP contribution in [-0.4, -0.2) is 52.2 Å². The highest BCUT2D eigenvalue weighted by atomic mass is 32.1. The molecule has 1 saturated heterocycles. The lowest BCUT2D eigenvalue weighted by molar-refractivity contribution is 0.135. The average Bonchev–Trinajstić information content (AvgIpc) is 3.14. The van der Waals surface area contributed by atoms with Gasteiger partial charge in [-0.05, 0) is 13.8 Å². The van der Waals surface area contributed by atoms with Gasteiger partial charge in [-0.25, -0.2) is 9.78 Å². The highest BCUT2D eigenvalue weighted by Crippen LogP contribution is 2.15. The molecule has 1 fully saturated rings. The summed E-state index contributed by atoms with van der Waals surface area (Å²) >= 11 is 1.73. The number of hydrogen-bond donors (Lipinski definition) is 1. The zero-order chi connectivity index (χ0) is 16.2. The van der Waals surface area contributed by atoms with Crippen molar-refractivity contribution in [2.24, 2.45) is 0 Å². The second-order valence-electron chi connectivity index (χ2n) is 5.70. The number of nitrogens with one attached hydrogen (secondary N) is 1. The van der Waals surface area contributed by atoms with E-state index in [0.29, 0.717) is 12.3 Å². The maximum Gasteiger partial charge on any atom is 0.317 e. The van der Waals surface area contributed by atoms with E-state index in [1.807, 2.05) is 31.0 Å². The van der Waals surface area contributed by atoms with E-state index in [4.69, 9.17) is 4.52 Å². The first kappa shape index (κ1) is 15.9. The van der Waals surface area contributed by atoms with Gasteiger partial charge in [0.15, 0.2) is 5.76 Å². The lowest BCUT2D eigenvalue weighted by atomic mass is 10.3. The number of nitrogens with zero attached hydrogens (tertiary/aromatic N) is 4. The highest BCUT2D eigenvalue weighted by molar-refractivity contribution is 7.11. The molecule has 7 nitrogen and oxygen atoms in total. The second-order valence-corrected chi connectivity index (χ2v) is 7.02. The molecule has 0 spiro atoms. The molecule has 0 atom stereocenters. The molecule has 0 radical (unpaired) electrons. The van der Waals surface area contributed by atoms with Gasteiger partial charge in [-0.3, -0.25) is 4.90 Å². The molecule has 8 heteroatoms. The molecule has 0 bridgehead atoms. The normalized spacial score (nSPS) is 15.8. The number of urea groups is 1.